The average Bonchev–Trinajstić information content (AvgIpc) is 2.83. The number of aromatic amines is 1. The largest absolute Gasteiger partial charge is 0.447 e. The van der Waals surface area contributed by atoms with Crippen molar-refractivity contribution < 1.29 is 9.53 Å². The van der Waals surface area contributed by atoms with Crippen molar-refractivity contribution in [2.24, 2.45) is 0 Å². The molecule has 1 fully saturated rings. The first-order valence-corrected chi connectivity index (χ1v) is 4.84. The highest BCUT2D eigenvalue weighted by atomic mass is 16.6. The molecule has 15 heavy (non-hydrogen) atoms. The van der Waals surface area contributed by atoms with Crippen LogP contribution < -0.4 is 5.32 Å². The molecule has 1 amide bonds. The zero-order chi connectivity index (χ0) is 10.3. The smallest absolute Gasteiger partial charge is 0.407 e. The number of aromatic nitrogens is 1. The standard InChI is InChI=1S/C11H10N2O2/c14-11-13-10(6-15-11)8-5-12-9-4-2-1-3-7(8)9/h1-5,10,12H,6H2,(H,13,14). The molecule has 1 aliphatic rings. The molecule has 1 atom stereocenters. The van der Waals surface area contributed by atoms with Gasteiger partial charge in [-0.1, -0.05) is 18.2 Å². The number of cyclic esters (lactones) is 1. The molecule has 1 aliphatic heterocycles. The number of benzene rings is 1. The van der Waals surface area contributed by atoms with E-state index in [2.05, 4.69) is 10.3 Å². The van der Waals surface area contributed by atoms with Crippen molar-refractivity contribution in [2.75, 3.05) is 6.61 Å². The lowest BCUT2D eigenvalue weighted by atomic mass is 10.1. The first-order chi connectivity index (χ1) is 7.34. The Morgan fingerprint density at radius 1 is 1.33 bits per heavy atom. The zero-order valence-electron chi connectivity index (χ0n) is 7.99. The van der Waals surface area contributed by atoms with Gasteiger partial charge in [0.05, 0.1) is 6.04 Å². The first-order valence-electron chi connectivity index (χ1n) is 4.84. The molecule has 1 aromatic heterocycles. The van der Waals surface area contributed by atoms with Gasteiger partial charge in [0.2, 0.25) is 0 Å². The lowest BCUT2D eigenvalue weighted by Gasteiger charge is -2.04. The highest BCUT2D eigenvalue weighted by Gasteiger charge is 2.25. The van der Waals surface area contributed by atoms with Gasteiger partial charge in [0.15, 0.2) is 0 Å². The van der Waals surface area contributed by atoms with E-state index in [1.54, 1.807) is 0 Å². The number of nitrogens with one attached hydrogen (secondary N) is 2. The van der Waals surface area contributed by atoms with Crippen LogP contribution in [-0.4, -0.2) is 17.7 Å². The summed E-state index contributed by atoms with van der Waals surface area (Å²) in [7, 11) is 0. The molecule has 76 valence electrons. The number of H-pyrrole nitrogens is 1. The van der Waals surface area contributed by atoms with E-state index in [1.165, 1.54) is 0 Å². The van der Waals surface area contributed by atoms with Crippen LogP contribution in [0.5, 0.6) is 0 Å². The van der Waals surface area contributed by atoms with Gasteiger partial charge in [0.1, 0.15) is 6.61 Å². The summed E-state index contributed by atoms with van der Waals surface area (Å²) in [5, 5.41) is 3.90. The molecule has 2 aromatic rings. The van der Waals surface area contributed by atoms with Gasteiger partial charge in [-0.3, -0.25) is 0 Å². The van der Waals surface area contributed by atoms with Gasteiger partial charge in [-0.05, 0) is 6.07 Å². The Hall–Kier alpha value is -1.97. The predicted octanol–water partition coefficient (Wildman–Crippen LogP) is 1.95. The van der Waals surface area contributed by atoms with Gasteiger partial charge in [-0.15, -0.1) is 0 Å². The highest BCUT2D eigenvalue weighted by molar-refractivity contribution is 5.84. The van der Waals surface area contributed by atoms with Gasteiger partial charge in [-0.25, -0.2) is 4.79 Å². The van der Waals surface area contributed by atoms with E-state index in [9.17, 15) is 4.79 Å². The summed E-state index contributed by atoms with van der Waals surface area (Å²) >= 11 is 0. The number of rotatable bonds is 1. The zero-order valence-corrected chi connectivity index (χ0v) is 7.99. The average molecular weight is 202 g/mol. The maximum atomic E-state index is 10.9. The minimum absolute atomic E-state index is 0.0337. The third-order valence-electron chi connectivity index (χ3n) is 2.67. The Bertz CT molecular complexity index is 518. The van der Waals surface area contributed by atoms with E-state index in [4.69, 9.17) is 4.74 Å². The molecule has 4 heteroatoms. The normalized spacial score (nSPS) is 20.3. The van der Waals surface area contributed by atoms with Crippen molar-refractivity contribution in [2.45, 2.75) is 6.04 Å². The summed E-state index contributed by atoms with van der Waals surface area (Å²) in [4.78, 5) is 14.1. The van der Waals surface area contributed by atoms with Crippen LogP contribution in [0.25, 0.3) is 10.9 Å². The van der Waals surface area contributed by atoms with Crippen molar-refractivity contribution in [3.63, 3.8) is 0 Å². The number of carbonyl (C=O) groups is 1. The first kappa shape index (κ1) is 8.35. The topological polar surface area (TPSA) is 54.1 Å². The Labute approximate surface area is 86.2 Å². The minimum Gasteiger partial charge on any atom is -0.447 e. The second kappa shape index (κ2) is 3.02. The van der Waals surface area contributed by atoms with Gasteiger partial charge in [-0.2, -0.15) is 0 Å². The van der Waals surface area contributed by atoms with Crippen molar-refractivity contribution in [1.29, 1.82) is 0 Å². The second-order valence-electron chi connectivity index (χ2n) is 3.58. The molecule has 3 rings (SSSR count). The molecule has 1 unspecified atom stereocenters. The van der Waals surface area contributed by atoms with E-state index < -0.39 is 0 Å². The molecule has 1 aromatic carbocycles. The summed E-state index contributed by atoms with van der Waals surface area (Å²) < 4.78 is 4.87. The fraction of sp³-hybridized carbons (Fsp3) is 0.182. The van der Waals surface area contributed by atoms with Crippen molar-refractivity contribution >= 4 is 17.0 Å². The third kappa shape index (κ3) is 1.26. The van der Waals surface area contributed by atoms with Gasteiger partial charge < -0.3 is 15.0 Å². The molecule has 0 radical (unpaired) electrons. The lowest BCUT2D eigenvalue weighted by Crippen LogP contribution is -2.17. The number of hydrogen-bond donors (Lipinski definition) is 2. The molecule has 0 spiro atoms. The fourth-order valence-corrected chi connectivity index (χ4v) is 1.93. The highest BCUT2D eigenvalue weighted by Crippen LogP contribution is 2.26. The monoisotopic (exact) mass is 202 g/mol. The fourth-order valence-electron chi connectivity index (χ4n) is 1.93. The van der Waals surface area contributed by atoms with Gasteiger partial charge in [0, 0.05) is 22.7 Å². The summed E-state index contributed by atoms with van der Waals surface area (Å²) in [5.41, 5.74) is 2.16. The molecule has 1 saturated heterocycles. The molecule has 0 saturated carbocycles. The molecule has 0 aliphatic carbocycles. The van der Waals surface area contributed by atoms with Crippen LogP contribution in [0.3, 0.4) is 0 Å². The van der Waals surface area contributed by atoms with Crippen LogP contribution >= 0.6 is 0 Å². The van der Waals surface area contributed by atoms with E-state index in [0.717, 1.165) is 16.5 Å². The molecular formula is C11H10N2O2. The van der Waals surface area contributed by atoms with Crippen molar-refractivity contribution in [3.8, 4) is 0 Å². The molecule has 2 heterocycles. The molecule has 0 bridgehead atoms. The predicted molar refractivity (Wildman–Crippen MR) is 55.5 cm³/mol. The van der Waals surface area contributed by atoms with Crippen LogP contribution in [0, 0.1) is 0 Å². The maximum Gasteiger partial charge on any atom is 0.407 e. The summed E-state index contributed by atoms with van der Waals surface area (Å²) in [6, 6.07) is 7.97. The second-order valence-corrected chi connectivity index (χ2v) is 3.58. The Morgan fingerprint density at radius 3 is 3.00 bits per heavy atom. The number of fused-ring (bicyclic) bond motifs is 1. The van der Waals surface area contributed by atoms with Crippen molar-refractivity contribution in [3.05, 3.63) is 36.0 Å². The Balaban J connectivity index is 2.07. The van der Waals surface area contributed by atoms with Gasteiger partial charge in [0.25, 0.3) is 0 Å². The molecular weight excluding hydrogens is 192 g/mol. The van der Waals surface area contributed by atoms with Crippen LogP contribution in [0.1, 0.15) is 11.6 Å². The number of ether oxygens (including phenoxy) is 1. The SMILES string of the molecule is O=C1NC(c2c[nH]c3ccccc23)CO1. The molecule has 4 nitrogen and oxygen atoms in total. The number of carbonyl (C=O) groups excluding carboxylic acids is 1. The maximum absolute atomic E-state index is 10.9. The van der Waals surface area contributed by atoms with Crippen LogP contribution in [0.2, 0.25) is 0 Å². The van der Waals surface area contributed by atoms with E-state index in [0.29, 0.717) is 6.61 Å². The number of amides is 1. The van der Waals surface area contributed by atoms with Gasteiger partial charge >= 0.3 is 6.09 Å². The number of alkyl carbamates (subject to hydrolysis) is 1. The Kier molecular flexibility index (Phi) is 1.68. The third-order valence-corrected chi connectivity index (χ3v) is 2.67. The van der Waals surface area contributed by atoms with Crippen LogP contribution in [-0.2, 0) is 4.74 Å². The number of hydrogen-bond acceptors (Lipinski definition) is 2. The minimum atomic E-state index is -0.342. The summed E-state index contributed by atoms with van der Waals surface area (Å²) in [6.45, 7) is 0.403. The summed E-state index contributed by atoms with van der Waals surface area (Å²) in [5.74, 6) is 0. The number of para-hydroxylation sites is 1. The van der Waals surface area contributed by atoms with E-state index in [-0.39, 0.29) is 12.1 Å². The van der Waals surface area contributed by atoms with Crippen molar-refractivity contribution in [1.82, 2.24) is 10.3 Å². The van der Waals surface area contributed by atoms with Crippen LogP contribution in [0.15, 0.2) is 30.5 Å². The van der Waals surface area contributed by atoms with Crippen LogP contribution in [0.4, 0.5) is 4.79 Å². The Morgan fingerprint density at radius 2 is 2.20 bits per heavy atom. The lowest BCUT2D eigenvalue weighted by molar-refractivity contribution is 0.177. The van der Waals surface area contributed by atoms with E-state index in [1.807, 2.05) is 30.5 Å². The summed E-state index contributed by atoms with van der Waals surface area (Å²) in [6.07, 6.45) is 1.58. The quantitative estimate of drug-likeness (QED) is 0.742. The molecule has 2 N–H and O–H groups in total. The van der Waals surface area contributed by atoms with E-state index >= 15 is 0 Å².